The van der Waals surface area contributed by atoms with E-state index in [0.717, 1.165) is 34.0 Å². The summed E-state index contributed by atoms with van der Waals surface area (Å²) in [7, 11) is 0. The van der Waals surface area contributed by atoms with E-state index in [2.05, 4.69) is 16.0 Å². The highest BCUT2D eigenvalue weighted by Crippen LogP contribution is 2.20. The highest BCUT2D eigenvalue weighted by Gasteiger charge is 1.97. The maximum Gasteiger partial charge on any atom is 0.119 e. The lowest BCUT2D eigenvalue weighted by molar-refractivity contribution is 0.306. The Morgan fingerprint density at radius 2 is 0.871 bits per heavy atom. The average Bonchev–Trinajstić information content (AvgIpc) is 2.84. The second kappa shape index (κ2) is 10.6. The second-order valence-electron chi connectivity index (χ2n) is 6.86. The lowest BCUT2D eigenvalue weighted by Gasteiger charge is -2.06. The summed E-state index contributed by atoms with van der Waals surface area (Å²) in [5.74, 6) is 1.59. The van der Waals surface area contributed by atoms with Crippen LogP contribution in [0.4, 0.5) is 11.4 Å². The molecule has 0 N–H and O–H groups in total. The fraction of sp³-hybridized carbons (Fsp3) is 0.0741. The van der Waals surface area contributed by atoms with Crippen LogP contribution in [-0.4, -0.2) is 6.01 Å². The van der Waals surface area contributed by atoms with Crippen molar-refractivity contribution >= 4 is 17.4 Å². The summed E-state index contributed by atoms with van der Waals surface area (Å²) in [5.41, 5.74) is 3.79. The van der Waals surface area contributed by atoms with Crippen LogP contribution in [0.3, 0.4) is 0 Å². The van der Waals surface area contributed by atoms with E-state index in [1.54, 1.807) is 0 Å². The van der Waals surface area contributed by atoms with Crippen LogP contribution in [0.25, 0.3) is 0 Å². The standard InChI is InChI=1S/C27H22N2O2/c1-3-7-22(8-4-1)19-30-26-15-11-24(12-16-26)28-21-29-25-13-17-27(18-14-25)31-20-23-9-5-2-6-10-23/h1-18H,19-20H2. The number of hydrogen-bond donors (Lipinski definition) is 0. The molecule has 4 aromatic rings. The number of aliphatic imine (C=N–C) groups is 2. The number of hydrogen-bond acceptors (Lipinski definition) is 4. The van der Waals surface area contributed by atoms with Crippen molar-refractivity contribution in [1.29, 1.82) is 0 Å². The third-order valence-corrected chi connectivity index (χ3v) is 4.53. The fourth-order valence-corrected chi connectivity index (χ4v) is 2.86. The maximum absolute atomic E-state index is 5.78. The zero-order chi connectivity index (χ0) is 21.1. The van der Waals surface area contributed by atoms with Gasteiger partial charge in [0.25, 0.3) is 0 Å². The van der Waals surface area contributed by atoms with Gasteiger partial charge in [0, 0.05) is 0 Å². The Balaban J connectivity index is 1.29. The topological polar surface area (TPSA) is 43.2 Å². The SMILES string of the molecule is C(=Nc1ccc(OCc2ccccc2)cc1)=Nc1ccc(OCc2ccccc2)cc1. The van der Waals surface area contributed by atoms with Gasteiger partial charge in [-0.15, -0.1) is 0 Å². The van der Waals surface area contributed by atoms with Crippen LogP contribution in [0.5, 0.6) is 11.5 Å². The Labute approximate surface area is 182 Å². The van der Waals surface area contributed by atoms with Crippen molar-refractivity contribution in [2.24, 2.45) is 9.98 Å². The third kappa shape index (κ3) is 6.43. The van der Waals surface area contributed by atoms with Gasteiger partial charge < -0.3 is 9.47 Å². The van der Waals surface area contributed by atoms with Crippen molar-refractivity contribution in [2.75, 3.05) is 0 Å². The molecular weight excluding hydrogens is 384 g/mol. The average molecular weight is 406 g/mol. The molecule has 0 amide bonds. The van der Waals surface area contributed by atoms with Gasteiger partial charge in [0.2, 0.25) is 0 Å². The summed E-state index contributed by atoms with van der Waals surface area (Å²) in [5, 5.41) is 0. The van der Waals surface area contributed by atoms with Crippen molar-refractivity contribution in [1.82, 2.24) is 0 Å². The molecule has 0 atom stereocenters. The van der Waals surface area contributed by atoms with Gasteiger partial charge in [0.05, 0.1) is 11.4 Å². The van der Waals surface area contributed by atoms with E-state index in [4.69, 9.17) is 9.47 Å². The van der Waals surface area contributed by atoms with Gasteiger partial charge in [-0.05, 0) is 59.7 Å². The van der Waals surface area contributed by atoms with Crippen molar-refractivity contribution in [3.8, 4) is 11.5 Å². The zero-order valence-electron chi connectivity index (χ0n) is 17.0. The first kappa shape index (κ1) is 20.1. The number of ether oxygens (including phenoxy) is 2. The van der Waals surface area contributed by atoms with Gasteiger partial charge in [-0.2, -0.15) is 9.98 Å². The molecular formula is C27H22N2O2. The predicted molar refractivity (Wildman–Crippen MR) is 124 cm³/mol. The summed E-state index contributed by atoms with van der Waals surface area (Å²) in [6, 6.07) is 38.0. The lowest BCUT2D eigenvalue weighted by Crippen LogP contribution is -1.94. The summed E-state index contributed by atoms with van der Waals surface area (Å²) in [4.78, 5) is 8.51. The highest BCUT2D eigenvalue weighted by atomic mass is 16.5. The van der Waals surface area contributed by atoms with Crippen LogP contribution in [0.2, 0.25) is 0 Å². The molecule has 0 saturated heterocycles. The van der Waals surface area contributed by atoms with E-state index >= 15 is 0 Å². The van der Waals surface area contributed by atoms with E-state index in [9.17, 15) is 0 Å². The maximum atomic E-state index is 5.78. The summed E-state index contributed by atoms with van der Waals surface area (Å²) < 4.78 is 11.6. The van der Waals surface area contributed by atoms with Gasteiger partial charge in [0.1, 0.15) is 30.7 Å². The molecule has 0 radical (unpaired) electrons. The van der Waals surface area contributed by atoms with Crippen molar-refractivity contribution in [3.05, 3.63) is 120 Å². The molecule has 0 unspecified atom stereocenters. The molecule has 0 spiro atoms. The Morgan fingerprint density at radius 1 is 0.484 bits per heavy atom. The monoisotopic (exact) mass is 406 g/mol. The van der Waals surface area contributed by atoms with Gasteiger partial charge in [-0.3, -0.25) is 0 Å². The van der Waals surface area contributed by atoms with Crippen LogP contribution in [0.15, 0.2) is 119 Å². The molecule has 4 rings (SSSR count). The van der Waals surface area contributed by atoms with Crippen LogP contribution < -0.4 is 9.47 Å². The Morgan fingerprint density at radius 3 is 1.26 bits per heavy atom. The van der Waals surface area contributed by atoms with Crippen LogP contribution in [-0.2, 0) is 13.2 Å². The molecule has 0 aliphatic carbocycles. The number of benzene rings is 4. The number of nitrogens with zero attached hydrogens (tertiary/aromatic N) is 2. The molecule has 4 nitrogen and oxygen atoms in total. The molecule has 0 aliphatic rings. The highest BCUT2D eigenvalue weighted by molar-refractivity contribution is 5.58. The Bertz CT molecular complexity index is 1040. The smallest absolute Gasteiger partial charge is 0.119 e. The summed E-state index contributed by atoms with van der Waals surface area (Å²) in [6.07, 6.45) is 0. The summed E-state index contributed by atoms with van der Waals surface area (Å²) >= 11 is 0. The van der Waals surface area contributed by atoms with E-state index in [1.807, 2.05) is 109 Å². The molecule has 4 aromatic carbocycles. The predicted octanol–water partition coefficient (Wildman–Crippen LogP) is 6.98. The molecule has 152 valence electrons. The van der Waals surface area contributed by atoms with Gasteiger partial charge in [0.15, 0.2) is 0 Å². The minimum Gasteiger partial charge on any atom is -0.489 e. The molecule has 0 bridgehead atoms. The second-order valence-corrected chi connectivity index (χ2v) is 6.86. The van der Waals surface area contributed by atoms with E-state index in [1.165, 1.54) is 0 Å². The molecule has 0 aliphatic heterocycles. The van der Waals surface area contributed by atoms with Crippen LogP contribution in [0.1, 0.15) is 11.1 Å². The molecule has 0 heterocycles. The summed E-state index contributed by atoms with van der Waals surface area (Å²) in [6.45, 7) is 1.08. The third-order valence-electron chi connectivity index (χ3n) is 4.53. The Hall–Kier alpha value is -4.14. The van der Waals surface area contributed by atoms with Gasteiger partial charge >= 0.3 is 0 Å². The molecule has 0 fully saturated rings. The van der Waals surface area contributed by atoms with Crippen molar-refractivity contribution in [2.45, 2.75) is 13.2 Å². The van der Waals surface area contributed by atoms with Gasteiger partial charge in [-0.25, -0.2) is 0 Å². The van der Waals surface area contributed by atoms with Gasteiger partial charge in [-0.1, -0.05) is 60.7 Å². The quantitative estimate of drug-likeness (QED) is 0.296. The lowest BCUT2D eigenvalue weighted by atomic mass is 10.2. The first-order valence-electron chi connectivity index (χ1n) is 10.1. The van der Waals surface area contributed by atoms with Crippen molar-refractivity contribution < 1.29 is 9.47 Å². The van der Waals surface area contributed by atoms with Crippen LogP contribution in [0, 0.1) is 0 Å². The first-order valence-corrected chi connectivity index (χ1v) is 10.1. The van der Waals surface area contributed by atoms with Crippen molar-refractivity contribution in [3.63, 3.8) is 0 Å². The largest absolute Gasteiger partial charge is 0.489 e. The normalized spacial score (nSPS) is 10.1. The molecule has 0 aromatic heterocycles. The van der Waals surface area contributed by atoms with Crippen LogP contribution >= 0.6 is 0 Å². The molecule has 0 saturated carbocycles. The fourth-order valence-electron chi connectivity index (χ4n) is 2.86. The zero-order valence-corrected chi connectivity index (χ0v) is 17.0. The molecule has 4 heteroatoms. The first-order chi connectivity index (χ1) is 15.3. The minimum absolute atomic E-state index is 0.538. The van der Waals surface area contributed by atoms with E-state index in [0.29, 0.717) is 13.2 Å². The van der Waals surface area contributed by atoms with E-state index < -0.39 is 0 Å². The number of rotatable bonds is 8. The Kier molecular flexibility index (Phi) is 6.88. The minimum atomic E-state index is 0.538. The molecule has 31 heavy (non-hydrogen) atoms. The van der Waals surface area contributed by atoms with E-state index in [-0.39, 0.29) is 0 Å².